The van der Waals surface area contributed by atoms with E-state index in [9.17, 15) is 0 Å². The lowest BCUT2D eigenvalue weighted by Crippen LogP contribution is -2.28. The highest BCUT2D eigenvalue weighted by atomic mass is 14.9. The average Bonchev–Trinajstić information content (AvgIpc) is 3.63. The Morgan fingerprint density at radius 3 is 1.56 bits per heavy atom. The van der Waals surface area contributed by atoms with Gasteiger partial charge in [0.15, 0.2) is 5.82 Å². The first-order valence-electron chi connectivity index (χ1n) is 20.9. The number of aromatic nitrogens is 3. The zero-order valence-corrected chi connectivity index (χ0v) is 33.2. The first-order valence-corrected chi connectivity index (χ1v) is 20.9. The van der Waals surface area contributed by atoms with Crippen molar-refractivity contribution in [3.63, 3.8) is 0 Å². The van der Waals surface area contributed by atoms with Crippen LogP contribution in [0.1, 0.15) is 22.3 Å². The lowest BCUT2D eigenvalue weighted by atomic mass is 9.67. The van der Waals surface area contributed by atoms with Crippen LogP contribution in [0.2, 0.25) is 0 Å². The minimum absolute atomic E-state index is 0.482. The molecule has 0 amide bonds. The predicted molar refractivity (Wildman–Crippen MR) is 251 cm³/mol. The summed E-state index contributed by atoms with van der Waals surface area (Å²) >= 11 is 0. The quantitative estimate of drug-likeness (QED) is 0.158. The molecule has 0 fully saturated rings. The molecule has 0 aliphatic heterocycles. The average molecular weight is 776 g/mol. The van der Waals surface area contributed by atoms with Crippen LogP contribution in [0, 0.1) is 0 Å². The van der Waals surface area contributed by atoms with Gasteiger partial charge in [0.2, 0.25) is 0 Å². The van der Waals surface area contributed by atoms with Gasteiger partial charge in [0.05, 0.1) is 27.8 Å². The molecule has 0 atom stereocenters. The number of pyridine rings is 1. The Hall–Kier alpha value is -8.01. The molecule has 61 heavy (non-hydrogen) atoms. The van der Waals surface area contributed by atoms with Gasteiger partial charge >= 0.3 is 0 Å². The van der Waals surface area contributed by atoms with E-state index in [1.165, 1.54) is 38.8 Å². The third-order valence-corrected chi connectivity index (χ3v) is 12.5. The molecule has 284 valence electrons. The second-order valence-corrected chi connectivity index (χ2v) is 15.9. The van der Waals surface area contributed by atoms with Gasteiger partial charge in [-0.15, -0.1) is 0 Å². The first kappa shape index (κ1) is 35.0. The van der Waals surface area contributed by atoms with Gasteiger partial charge in [0, 0.05) is 32.8 Å². The number of nitrogens with zero attached hydrogens (tertiary/aromatic N) is 3. The third-order valence-electron chi connectivity index (χ3n) is 12.5. The Morgan fingerprint density at radius 1 is 0.279 bits per heavy atom. The third kappa shape index (κ3) is 5.55. The first-order chi connectivity index (χ1) is 30.2. The highest BCUT2D eigenvalue weighted by molar-refractivity contribution is 6.13. The maximum absolute atomic E-state index is 5.41. The van der Waals surface area contributed by atoms with E-state index in [0.29, 0.717) is 5.82 Å². The Morgan fingerprint density at radius 2 is 0.820 bits per heavy atom. The summed E-state index contributed by atoms with van der Waals surface area (Å²) in [5.41, 5.74) is 16.3. The molecule has 1 aliphatic rings. The van der Waals surface area contributed by atoms with Gasteiger partial charge in [-0.2, -0.15) is 0 Å². The topological polar surface area (TPSA) is 38.7 Å². The van der Waals surface area contributed by atoms with Gasteiger partial charge in [-0.25, -0.2) is 15.0 Å². The maximum Gasteiger partial charge on any atom is 0.160 e. The van der Waals surface area contributed by atoms with Crippen molar-refractivity contribution in [3.05, 3.63) is 247 Å². The van der Waals surface area contributed by atoms with Crippen LogP contribution in [0.4, 0.5) is 0 Å². The van der Waals surface area contributed by atoms with Gasteiger partial charge in [-0.1, -0.05) is 194 Å². The van der Waals surface area contributed by atoms with Crippen LogP contribution in [0.15, 0.2) is 224 Å². The SMILES string of the molecule is c1ccc(-c2nc(-c3cccc(-c4ccc(-c5nc6ccccc6c6cc7c(cc56)-c5ccccc5C7(c5ccccc5)c5ccccc5)cc4)c3)nc3ccccc23)cc1. The minimum Gasteiger partial charge on any atom is -0.247 e. The van der Waals surface area contributed by atoms with E-state index in [0.717, 1.165) is 66.4 Å². The summed E-state index contributed by atoms with van der Waals surface area (Å²) in [6.45, 7) is 0. The molecule has 11 aromatic rings. The molecule has 0 saturated heterocycles. The molecule has 9 aromatic carbocycles. The van der Waals surface area contributed by atoms with E-state index in [4.69, 9.17) is 15.0 Å². The molecular formula is C58H37N3. The smallest absolute Gasteiger partial charge is 0.160 e. The van der Waals surface area contributed by atoms with Crippen molar-refractivity contribution >= 4 is 32.6 Å². The Bertz CT molecular complexity index is 3410. The van der Waals surface area contributed by atoms with Crippen molar-refractivity contribution in [2.75, 3.05) is 0 Å². The molecule has 0 saturated carbocycles. The minimum atomic E-state index is -0.482. The Labute approximate surface area is 354 Å². The summed E-state index contributed by atoms with van der Waals surface area (Å²) in [7, 11) is 0. The Kier molecular flexibility index (Phi) is 8.07. The number of hydrogen-bond acceptors (Lipinski definition) is 3. The second-order valence-electron chi connectivity index (χ2n) is 15.9. The summed E-state index contributed by atoms with van der Waals surface area (Å²) in [6.07, 6.45) is 0. The van der Waals surface area contributed by atoms with Gasteiger partial charge in [0.25, 0.3) is 0 Å². The molecule has 3 heteroatoms. The zero-order chi connectivity index (χ0) is 40.3. The van der Waals surface area contributed by atoms with Gasteiger partial charge in [0.1, 0.15) is 0 Å². The summed E-state index contributed by atoms with van der Waals surface area (Å²) in [5.74, 6) is 0.709. The number of fused-ring (bicyclic) bond motifs is 7. The largest absolute Gasteiger partial charge is 0.247 e. The second kappa shape index (κ2) is 14.1. The highest BCUT2D eigenvalue weighted by Gasteiger charge is 2.46. The predicted octanol–water partition coefficient (Wildman–Crippen LogP) is 14.4. The highest BCUT2D eigenvalue weighted by Crippen LogP contribution is 2.57. The standard InChI is InChI=1S/C58H37N3/c1-4-17-39(18-5-1)55-47-27-12-15-30-54(47)60-57(61-55)42-20-16-19-41(35-42)38-31-33-40(34-32-38)56-50-36-49-45-25-10-13-28-51(45)58(43-21-6-2-7-22-43,44-23-8-3-9-24-44)52(49)37-48(50)46-26-11-14-29-53(46)59-56/h1-37H. The fraction of sp³-hybridized carbons (Fsp3) is 0.0172. The van der Waals surface area contributed by atoms with Crippen LogP contribution in [0.5, 0.6) is 0 Å². The molecule has 12 rings (SSSR count). The van der Waals surface area contributed by atoms with Crippen molar-refractivity contribution in [1.29, 1.82) is 0 Å². The van der Waals surface area contributed by atoms with E-state index in [-0.39, 0.29) is 0 Å². The van der Waals surface area contributed by atoms with Crippen LogP contribution < -0.4 is 0 Å². The monoisotopic (exact) mass is 775 g/mol. The summed E-state index contributed by atoms with van der Waals surface area (Å²) in [6, 6.07) is 80.5. The number of benzene rings is 9. The maximum atomic E-state index is 5.41. The van der Waals surface area contributed by atoms with Gasteiger partial charge in [-0.05, 0) is 80.2 Å². The van der Waals surface area contributed by atoms with Crippen molar-refractivity contribution in [2.24, 2.45) is 0 Å². The molecule has 0 unspecified atom stereocenters. The van der Waals surface area contributed by atoms with Crippen molar-refractivity contribution in [2.45, 2.75) is 5.41 Å². The van der Waals surface area contributed by atoms with E-state index < -0.39 is 5.41 Å². The van der Waals surface area contributed by atoms with E-state index in [2.05, 4.69) is 206 Å². The summed E-state index contributed by atoms with van der Waals surface area (Å²) in [4.78, 5) is 15.6. The van der Waals surface area contributed by atoms with Crippen LogP contribution >= 0.6 is 0 Å². The molecule has 2 heterocycles. The molecule has 0 bridgehead atoms. The van der Waals surface area contributed by atoms with Crippen LogP contribution in [0.3, 0.4) is 0 Å². The molecule has 0 radical (unpaired) electrons. The molecule has 3 nitrogen and oxygen atoms in total. The lowest BCUT2D eigenvalue weighted by molar-refractivity contribution is 0.769. The summed E-state index contributed by atoms with van der Waals surface area (Å²) in [5, 5.41) is 4.53. The molecular weight excluding hydrogens is 739 g/mol. The fourth-order valence-corrected chi connectivity index (χ4v) is 9.79. The van der Waals surface area contributed by atoms with Crippen molar-refractivity contribution < 1.29 is 0 Å². The summed E-state index contributed by atoms with van der Waals surface area (Å²) < 4.78 is 0. The van der Waals surface area contributed by atoms with E-state index in [1.54, 1.807) is 0 Å². The van der Waals surface area contributed by atoms with Crippen LogP contribution in [0.25, 0.3) is 88.7 Å². The number of hydrogen-bond donors (Lipinski definition) is 0. The van der Waals surface area contributed by atoms with Gasteiger partial charge < -0.3 is 0 Å². The number of rotatable bonds is 6. The number of para-hydroxylation sites is 2. The molecule has 2 aromatic heterocycles. The molecule has 0 spiro atoms. The molecule has 0 N–H and O–H groups in total. The lowest BCUT2D eigenvalue weighted by Gasteiger charge is -2.34. The van der Waals surface area contributed by atoms with Crippen molar-refractivity contribution in [3.8, 4) is 56.2 Å². The molecule has 1 aliphatic carbocycles. The van der Waals surface area contributed by atoms with E-state index >= 15 is 0 Å². The van der Waals surface area contributed by atoms with Crippen molar-refractivity contribution in [1.82, 2.24) is 15.0 Å². The Balaban J connectivity index is 1.00. The normalized spacial score (nSPS) is 12.7. The van der Waals surface area contributed by atoms with Crippen LogP contribution in [-0.2, 0) is 5.41 Å². The fourth-order valence-electron chi connectivity index (χ4n) is 9.79. The van der Waals surface area contributed by atoms with Crippen LogP contribution in [-0.4, -0.2) is 15.0 Å². The van der Waals surface area contributed by atoms with E-state index in [1.807, 2.05) is 18.2 Å². The zero-order valence-electron chi connectivity index (χ0n) is 33.2. The van der Waals surface area contributed by atoms with Gasteiger partial charge in [-0.3, -0.25) is 0 Å².